The molecule has 2 aliphatic rings. The van der Waals surface area contributed by atoms with Gasteiger partial charge in [0.15, 0.2) is 0 Å². The molecule has 0 bridgehead atoms. The van der Waals surface area contributed by atoms with E-state index in [9.17, 15) is 0 Å². The SMILES string of the molecule is [CH2]CC1=CN=C2CC=CC=C12. The predicted molar refractivity (Wildman–Crippen MR) is 47.3 cm³/mol. The molecule has 2 rings (SSSR count). The third-order valence-electron chi connectivity index (χ3n) is 2.01. The molecule has 11 heavy (non-hydrogen) atoms. The minimum atomic E-state index is 0.840. The van der Waals surface area contributed by atoms with Crippen molar-refractivity contribution >= 4 is 5.71 Å². The number of allylic oxidation sites excluding steroid dienone is 5. The molecule has 0 aromatic heterocycles. The van der Waals surface area contributed by atoms with Crippen LogP contribution < -0.4 is 0 Å². The summed E-state index contributed by atoms with van der Waals surface area (Å²) in [5, 5.41) is 0. The maximum atomic E-state index is 4.31. The lowest BCUT2D eigenvalue weighted by atomic mass is 9.96. The molecule has 55 valence electrons. The van der Waals surface area contributed by atoms with Crippen LogP contribution in [-0.4, -0.2) is 5.71 Å². The summed E-state index contributed by atoms with van der Waals surface area (Å²) in [7, 11) is 0. The molecular formula is C10H10N. The Labute approximate surface area is 66.8 Å². The average Bonchev–Trinajstić information content (AvgIpc) is 2.47. The van der Waals surface area contributed by atoms with Gasteiger partial charge in [0.1, 0.15) is 0 Å². The molecule has 1 heterocycles. The third-order valence-corrected chi connectivity index (χ3v) is 2.01. The van der Waals surface area contributed by atoms with E-state index in [1.54, 1.807) is 0 Å². The largest absolute Gasteiger partial charge is 0.260 e. The molecule has 0 aromatic carbocycles. The van der Waals surface area contributed by atoms with Gasteiger partial charge in [0, 0.05) is 18.2 Å². The fourth-order valence-electron chi connectivity index (χ4n) is 1.39. The lowest BCUT2D eigenvalue weighted by Gasteiger charge is -2.07. The Kier molecular flexibility index (Phi) is 1.50. The van der Waals surface area contributed by atoms with Gasteiger partial charge in [-0.2, -0.15) is 0 Å². The first-order valence-corrected chi connectivity index (χ1v) is 3.84. The van der Waals surface area contributed by atoms with Crippen LogP contribution in [0.1, 0.15) is 12.8 Å². The van der Waals surface area contributed by atoms with Crippen molar-refractivity contribution in [3.05, 3.63) is 42.5 Å². The molecule has 1 aliphatic heterocycles. The van der Waals surface area contributed by atoms with Gasteiger partial charge in [0.05, 0.1) is 5.71 Å². The standard InChI is InChI=1S/C10H10N/c1-2-8-7-11-10-6-4-3-5-9(8)10/h3-5,7H,1-2,6H2. The average molecular weight is 144 g/mol. The Bertz CT molecular complexity index is 290. The summed E-state index contributed by atoms with van der Waals surface area (Å²) in [5.41, 5.74) is 3.76. The van der Waals surface area contributed by atoms with Gasteiger partial charge in [0.25, 0.3) is 0 Å². The zero-order valence-corrected chi connectivity index (χ0v) is 6.38. The number of rotatable bonds is 1. The van der Waals surface area contributed by atoms with Crippen LogP contribution in [0, 0.1) is 6.92 Å². The van der Waals surface area contributed by atoms with Crippen molar-refractivity contribution < 1.29 is 0 Å². The second-order valence-electron chi connectivity index (χ2n) is 2.69. The van der Waals surface area contributed by atoms with Crippen molar-refractivity contribution in [3.8, 4) is 0 Å². The Morgan fingerprint density at radius 2 is 2.45 bits per heavy atom. The highest BCUT2D eigenvalue weighted by molar-refractivity contribution is 6.08. The fraction of sp³-hybridized carbons (Fsp3) is 0.200. The highest BCUT2D eigenvalue weighted by atomic mass is 14.7. The van der Waals surface area contributed by atoms with E-state index in [1.807, 2.05) is 6.20 Å². The second kappa shape index (κ2) is 2.50. The number of hydrogen-bond acceptors (Lipinski definition) is 1. The molecule has 1 nitrogen and oxygen atoms in total. The van der Waals surface area contributed by atoms with Crippen LogP contribution in [0.3, 0.4) is 0 Å². The first-order chi connectivity index (χ1) is 5.42. The van der Waals surface area contributed by atoms with E-state index in [4.69, 9.17) is 0 Å². The minimum Gasteiger partial charge on any atom is -0.260 e. The van der Waals surface area contributed by atoms with Crippen LogP contribution in [0.25, 0.3) is 0 Å². The van der Waals surface area contributed by atoms with E-state index in [-0.39, 0.29) is 0 Å². The topological polar surface area (TPSA) is 12.4 Å². The van der Waals surface area contributed by atoms with E-state index in [0.29, 0.717) is 0 Å². The van der Waals surface area contributed by atoms with Crippen LogP contribution in [0.15, 0.2) is 40.6 Å². The Morgan fingerprint density at radius 3 is 3.27 bits per heavy atom. The number of nitrogens with zero attached hydrogens (tertiary/aromatic N) is 1. The summed E-state index contributed by atoms with van der Waals surface area (Å²) >= 11 is 0. The summed E-state index contributed by atoms with van der Waals surface area (Å²) in [6.07, 6.45) is 10.1. The number of fused-ring (bicyclic) bond motifs is 1. The Morgan fingerprint density at radius 1 is 1.55 bits per heavy atom. The first kappa shape index (κ1) is 6.59. The molecule has 0 N–H and O–H groups in total. The van der Waals surface area contributed by atoms with Crippen molar-refractivity contribution in [2.45, 2.75) is 12.8 Å². The summed E-state index contributed by atoms with van der Waals surface area (Å²) in [6, 6.07) is 0. The zero-order valence-electron chi connectivity index (χ0n) is 6.38. The number of aliphatic imine (C=N–C) groups is 1. The molecule has 0 atom stereocenters. The molecule has 0 amide bonds. The molecule has 0 saturated heterocycles. The van der Waals surface area contributed by atoms with Crippen molar-refractivity contribution in [3.63, 3.8) is 0 Å². The summed E-state index contributed by atoms with van der Waals surface area (Å²) < 4.78 is 0. The molecule has 0 fully saturated rings. The van der Waals surface area contributed by atoms with Gasteiger partial charge in [-0.1, -0.05) is 18.2 Å². The van der Waals surface area contributed by atoms with Gasteiger partial charge >= 0.3 is 0 Å². The number of hydrogen-bond donors (Lipinski definition) is 0. The monoisotopic (exact) mass is 144 g/mol. The summed E-state index contributed by atoms with van der Waals surface area (Å²) in [6.45, 7) is 3.85. The lowest BCUT2D eigenvalue weighted by molar-refractivity contribution is 1.26. The quantitative estimate of drug-likeness (QED) is 0.536. The summed E-state index contributed by atoms with van der Waals surface area (Å²) in [4.78, 5) is 4.31. The van der Waals surface area contributed by atoms with E-state index in [2.05, 4.69) is 30.1 Å². The molecule has 1 aliphatic carbocycles. The van der Waals surface area contributed by atoms with Crippen LogP contribution in [0.2, 0.25) is 0 Å². The first-order valence-electron chi connectivity index (χ1n) is 3.84. The van der Waals surface area contributed by atoms with Crippen molar-refractivity contribution in [1.29, 1.82) is 0 Å². The van der Waals surface area contributed by atoms with Crippen LogP contribution in [0.5, 0.6) is 0 Å². The normalized spacial score (nSPS) is 20.6. The molecule has 0 saturated carbocycles. The molecule has 1 radical (unpaired) electrons. The van der Waals surface area contributed by atoms with Gasteiger partial charge < -0.3 is 0 Å². The van der Waals surface area contributed by atoms with E-state index < -0.39 is 0 Å². The highest BCUT2D eigenvalue weighted by Crippen LogP contribution is 2.25. The van der Waals surface area contributed by atoms with Gasteiger partial charge in [-0.3, -0.25) is 4.99 Å². The molecule has 0 unspecified atom stereocenters. The predicted octanol–water partition coefficient (Wildman–Crippen LogP) is 2.44. The fourth-order valence-corrected chi connectivity index (χ4v) is 1.39. The van der Waals surface area contributed by atoms with E-state index in [0.717, 1.165) is 12.8 Å². The lowest BCUT2D eigenvalue weighted by Crippen LogP contribution is -2.01. The van der Waals surface area contributed by atoms with Gasteiger partial charge in [0.2, 0.25) is 0 Å². The van der Waals surface area contributed by atoms with Crippen molar-refractivity contribution in [2.75, 3.05) is 0 Å². The van der Waals surface area contributed by atoms with Gasteiger partial charge in [-0.15, -0.1) is 0 Å². The van der Waals surface area contributed by atoms with E-state index in [1.165, 1.54) is 16.9 Å². The minimum absolute atomic E-state index is 0.840. The maximum absolute atomic E-state index is 4.31. The molecule has 1 heteroatoms. The van der Waals surface area contributed by atoms with Crippen molar-refractivity contribution in [2.24, 2.45) is 4.99 Å². The van der Waals surface area contributed by atoms with E-state index >= 15 is 0 Å². The Balaban J connectivity index is 2.36. The van der Waals surface area contributed by atoms with Gasteiger partial charge in [-0.25, -0.2) is 0 Å². The smallest absolute Gasteiger partial charge is 0.0516 e. The third kappa shape index (κ3) is 0.967. The maximum Gasteiger partial charge on any atom is 0.0516 e. The Hall–Kier alpha value is -1.11. The van der Waals surface area contributed by atoms with Crippen LogP contribution in [0.4, 0.5) is 0 Å². The molecule has 0 spiro atoms. The van der Waals surface area contributed by atoms with Crippen molar-refractivity contribution in [1.82, 2.24) is 0 Å². The molecular weight excluding hydrogens is 134 g/mol. The van der Waals surface area contributed by atoms with Gasteiger partial charge in [-0.05, 0) is 18.9 Å². The van der Waals surface area contributed by atoms with Crippen LogP contribution in [-0.2, 0) is 0 Å². The van der Waals surface area contributed by atoms with Crippen LogP contribution >= 0.6 is 0 Å². The zero-order chi connectivity index (χ0) is 7.68. The highest BCUT2D eigenvalue weighted by Gasteiger charge is 2.15. The second-order valence-corrected chi connectivity index (χ2v) is 2.69. The summed E-state index contributed by atoms with van der Waals surface area (Å²) in [5.74, 6) is 0. The molecule has 0 aromatic rings.